The molecular formula is C10H20N2O4S. The van der Waals surface area contributed by atoms with Crippen LogP contribution in [0.3, 0.4) is 0 Å². The number of carboxylic acids is 1. The number of hydrogen-bond donors (Lipinski definition) is 3. The second-order valence-electron chi connectivity index (χ2n) is 3.94. The van der Waals surface area contributed by atoms with E-state index >= 15 is 0 Å². The van der Waals surface area contributed by atoms with Gasteiger partial charge in [0.2, 0.25) is 0 Å². The van der Waals surface area contributed by atoms with Gasteiger partial charge in [0.1, 0.15) is 6.04 Å². The number of carboxylic acid groups (broad SMARTS) is 1. The van der Waals surface area contributed by atoms with Crippen LogP contribution in [0, 0.1) is 0 Å². The molecule has 0 heterocycles. The van der Waals surface area contributed by atoms with Crippen molar-refractivity contribution in [2.24, 2.45) is 0 Å². The normalized spacial score (nSPS) is 15.7. The number of nitrogens with one attached hydrogen (secondary N) is 2. The van der Waals surface area contributed by atoms with Crippen molar-refractivity contribution in [3.05, 3.63) is 0 Å². The van der Waals surface area contributed by atoms with Crippen LogP contribution < -0.4 is 10.6 Å². The van der Waals surface area contributed by atoms with Crippen molar-refractivity contribution < 1.29 is 18.9 Å². The third-order valence-corrected chi connectivity index (χ3v) is 3.01. The monoisotopic (exact) mass is 264 g/mol. The summed E-state index contributed by atoms with van der Waals surface area (Å²) in [5, 5.41) is 13.8. The minimum atomic E-state index is -1.05. The Morgan fingerprint density at radius 2 is 1.94 bits per heavy atom. The van der Waals surface area contributed by atoms with Gasteiger partial charge in [-0.05, 0) is 13.3 Å². The van der Waals surface area contributed by atoms with Crippen LogP contribution in [0.1, 0.15) is 26.7 Å². The third kappa shape index (κ3) is 7.73. The van der Waals surface area contributed by atoms with E-state index in [2.05, 4.69) is 10.6 Å². The number of urea groups is 1. The summed E-state index contributed by atoms with van der Waals surface area (Å²) in [6.45, 7) is 3.56. The van der Waals surface area contributed by atoms with Crippen molar-refractivity contribution >= 4 is 22.8 Å². The molecule has 0 aliphatic heterocycles. The van der Waals surface area contributed by atoms with E-state index in [0.29, 0.717) is 18.6 Å². The number of aliphatic carboxylic acids is 1. The zero-order chi connectivity index (χ0) is 13.4. The fourth-order valence-electron chi connectivity index (χ4n) is 1.36. The summed E-state index contributed by atoms with van der Waals surface area (Å²) in [5.74, 6) is -0.701. The molecule has 0 aliphatic rings. The molecule has 0 spiro atoms. The van der Waals surface area contributed by atoms with Crippen molar-refractivity contribution in [2.45, 2.75) is 38.8 Å². The second kappa shape index (κ2) is 8.05. The standard InChI is InChI=1S/C10H20N2O4S/c1-4-5-8(9(13)14)12-10(15)11-7(2)6-17(3)16/h7-8H,4-6H2,1-3H3,(H,13,14)(H2,11,12,15)/t7?,8-,17?/m1/s1. The number of carbonyl (C=O) groups excluding carboxylic acids is 1. The minimum Gasteiger partial charge on any atom is -0.480 e. The first-order valence-corrected chi connectivity index (χ1v) is 7.19. The van der Waals surface area contributed by atoms with Gasteiger partial charge in [0.15, 0.2) is 0 Å². The molecule has 0 bridgehead atoms. The molecule has 2 unspecified atom stereocenters. The highest BCUT2D eigenvalue weighted by atomic mass is 32.2. The Hall–Kier alpha value is -1.11. The SMILES string of the molecule is CCC[C@@H](NC(=O)NC(C)CS(C)=O)C(=O)O. The molecule has 7 heteroatoms. The maximum absolute atomic E-state index is 11.4. The average molecular weight is 264 g/mol. The molecule has 3 atom stereocenters. The smallest absolute Gasteiger partial charge is 0.326 e. The Balaban J connectivity index is 4.14. The van der Waals surface area contributed by atoms with E-state index in [-0.39, 0.29) is 6.04 Å². The van der Waals surface area contributed by atoms with Crippen LogP contribution in [0.4, 0.5) is 4.79 Å². The zero-order valence-electron chi connectivity index (χ0n) is 10.4. The van der Waals surface area contributed by atoms with Gasteiger partial charge in [0.25, 0.3) is 0 Å². The Morgan fingerprint density at radius 3 is 2.35 bits per heavy atom. The van der Waals surface area contributed by atoms with E-state index < -0.39 is 28.8 Å². The highest BCUT2D eigenvalue weighted by molar-refractivity contribution is 7.84. The maximum Gasteiger partial charge on any atom is 0.326 e. The van der Waals surface area contributed by atoms with Crippen molar-refractivity contribution in [3.63, 3.8) is 0 Å². The molecule has 0 saturated heterocycles. The molecule has 0 saturated carbocycles. The first-order valence-electron chi connectivity index (χ1n) is 5.46. The third-order valence-electron chi connectivity index (χ3n) is 2.04. The van der Waals surface area contributed by atoms with Crippen molar-refractivity contribution in [1.82, 2.24) is 10.6 Å². The molecule has 0 aromatic carbocycles. The molecule has 0 aliphatic carbocycles. The maximum atomic E-state index is 11.4. The highest BCUT2D eigenvalue weighted by Crippen LogP contribution is 1.97. The van der Waals surface area contributed by atoms with E-state index in [1.54, 1.807) is 13.2 Å². The molecule has 17 heavy (non-hydrogen) atoms. The number of rotatable bonds is 7. The molecule has 6 nitrogen and oxygen atoms in total. The van der Waals surface area contributed by atoms with Gasteiger partial charge in [-0.25, -0.2) is 9.59 Å². The molecular weight excluding hydrogens is 244 g/mol. The molecule has 0 rings (SSSR count). The Kier molecular flexibility index (Phi) is 7.53. The molecule has 3 N–H and O–H groups in total. The molecule has 2 amide bonds. The molecule has 0 aromatic rings. The summed E-state index contributed by atoms with van der Waals surface area (Å²) >= 11 is 0. The summed E-state index contributed by atoms with van der Waals surface area (Å²) in [6, 6.07) is -1.67. The first kappa shape index (κ1) is 15.9. The number of hydrogen-bond acceptors (Lipinski definition) is 3. The van der Waals surface area contributed by atoms with E-state index in [1.165, 1.54) is 0 Å². The zero-order valence-corrected chi connectivity index (χ0v) is 11.2. The lowest BCUT2D eigenvalue weighted by molar-refractivity contribution is -0.139. The van der Waals surface area contributed by atoms with E-state index in [1.807, 2.05) is 6.92 Å². The summed E-state index contributed by atoms with van der Waals surface area (Å²) < 4.78 is 10.9. The lowest BCUT2D eigenvalue weighted by atomic mass is 10.2. The van der Waals surface area contributed by atoms with Crippen LogP contribution in [0.2, 0.25) is 0 Å². The summed E-state index contributed by atoms with van der Waals surface area (Å²) in [5.41, 5.74) is 0. The van der Waals surface area contributed by atoms with E-state index in [0.717, 1.165) is 0 Å². The van der Waals surface area contributed by atoms with Crippen LogP contribution in [-0.2, 0) is 15.6 Å². The topological polar surface area (TPSA) is 95.5 Å². The van der Waals surface area contributed by atoms with E-state index in [9.17, 15) is 13.8 Å². The summed E-state index contributed by atoms with van der Waals surface area (Å²) in [4.78, 5) is 22.2. The van der Waals surface area contributed by atoms with Gasteiger partial charge in [0.05, 0.1) is 0 Å². The molecule has 0 radical (unpaired) electrons. The van der Waals surface area contributed by atoms with E-state index in [4.69, 9.17) is 5.11 Å². The minimum absolute atomic E-state index is 0.253. The summed E-state index contributed by atoms with van der Waals surface area (Å²) in [7, 11) is -0.996. The van der Waals surface area contributed by atoms with Crippen molar-refractivity contribution in [2.75, 3.05) is 12.0 Å². The van der Waals surface area contributed by atoms with Crippen LogP contribution in [-0.4, -0.2) is 45.4 Å². The quantitative estimate of drug-likeness (QED) is 0.616. The lowest BCUT2D eigenvalue weighted by Gasteiger charge is -2.17. The largest absolute Gasteiger partial charge is 0.480 e. The molecule has 0 fully saturated rings. The average Bonchev–Trinajstić information content (AvgIpc) is 2.14. The fourth-order valence-corrected chi connectivity index (χ4v) is 2.15. The molecule has 0 aromatic heterocycles. The Bertz CT molecular complexity index is 296. The van der Waals surface area contributed by atoms with Gasteiger partial charge in [-0.2, -0.15) is 0 Å². The van der Waals surface area contributed by atoms with Gasteiger partial charge in [-0.1, -0.05) is 13.3 Å². The van der Waals surface area contributed by atoms with Crippen molar-refractivity contribution in [3.8, 4) is 0 Å². The molecule has 100 valence electrons. The lowest BCUT2D eigenvalue weighted by Crippen LogP contribution is -2.49. The predicted octanol–water partition coefficient (Wildman–Crippen LogP) is 0.306. The summed E-state index contributed by atoms with van der Waals surface area (Å²) in [6.07, 6.45) is 2.61. The van der Waals surface area contributed by atoms with Gasteiger partial charge >= 0.3 is 12.0 Å². The Morgan fingerprint density at radius 1 is 1.35 bits per heavy atom. The number of amides is 2. The number of carbonyl (C=O) groups is 2. The Labute approximate surface area is 104 Å². The van der Waals surface area contributed by atoms with Crippen LogP contribution >= 0.6 is 0 Å². The van der Waals surface area contributed by atoms with Gasteiger partial charge in [-0.3, -0.25) is 4.21 Å². The van der Waals surface area contributed by atoms with Gasteiger partial charge < -0.3 is 15.7 Å². The van der Waals surface area contributed by atoms with Gasteiger partial charge in [0, 0.05) is 28.9 Å². The fraction of sp³-hybridized carbons (Fsp3) is 0.800. The second-order valence-corrected chi connectivity index (χ2v) is 5.42. The van der Waals surface area contributed by atoms with Crippen molar-refractivity contribution in [1.29, 1.82) is 0 Å². The highest BCUT2D eigenvalue weighted by Gasteiger charge is 2.19. The van der Waals surface area contributed by atoms with Gasteiger partial charge in [-0.15, -0.1) is 0 Å². The first-order chi connectivity index (χ1) is 7.86. The van der Waals surface area contributed by atoms with Crippen LogP contribution in [0.5, 0.6) is 0 Å². The van der Waals surface area contributed by atoms with Crippen LogP contribution in [0.25, 0.3) is 0 Å². The predicted molar refractivity (Wildman–Crippen MR) is 66.4 cm³/mol. The van der Waals surface area contributed by atoms with Crippen LogP contribution in [0.15, 0.2) is 0 Å².